The van der Waals surface area contributed by atoms with Crippen LogP contribution in [-0.2, 0) is 4.79 Å². The Balaban J connectivity index is 2.30. The molecule has 0 radical (unpaired) electrons. The highest BCUT2D eigenvalue weighted by atomic mass is 32.2. The Bertz CT molecular complexity index is 240. The average Bonchev–Trinajstić information content (AvgIpc) is 2.72. The monoisotopic (exact) mass is 216 g/mol. The molecule has 0 aromatic rings. The summed E-state index contributed by atoms with van der Waals surface area (Å²) in [6.45, 7) is 0. The van der Waals surface area contributed by atoms with E-state index in [1.54, 1.807) is 11.8 Å². The van der Waals surface area contributed by atoms with Crippen LogP contribution in [0, 0.1) is 5.41 Å². The molecule has 1 aliphatic carbocycles. The maximum absolute atomic E-state index is 11.3. The summed E-state index contributed by atoms with van der Waals surface area (Å²) in [6, 6.07) is 0. The highest BCUT2D eigenvalue weighted by molar-refractivity contribution is 7.99. The fourth-order valence-corrected chi connectivity index (χ4v) is 4.17. The molecule has 1 heterocycles. The Hall–Kier alpha value is -0.220. The van der Waals surface area contributed by atoms with Crippen molar-refractivity contribution >= 4 is 17.7 Å². The summed E-state index contributed by atoms with van der Waals surface area (Å²) in [4.78, 5) is 11.3. The second-order valence-electron chi connectivity index (χ2n) is 4.43. The summed E-state index contributed by atoms with van der Waals surface area (Å²) < 4.78 is 0. The second-order valence-corrected chi connectivity index (χ2v) is 5.53. The summed E-state index contributed by atoms with van der Waals surface area (Å²) in [5, 5.41) is 19.7. The second kappa shape index (κ2) is 3.42. The van der Waals surface area contributed by atoms with E-state index in [1.807, 2.05) is 0 Å². The number of hydrogen-bond acceptors (Lipinski definition) is 3. The van der Waals surface area contributed by atoms with Gasteiger partial charge in [0.2, 0.25) is 0 Å². The molecule has 2 N–H and O–H groups in total. The van der Waals surface area contributed by atoms with E-state index in [-0.39, 0.29) is 0 Å². The molecule has 4 heteroatoms. The molecule has 1 saturated carbocycles. The average molecular weight is 216 g/mol. The van der Waals surface area contributed by atoms with Gasteiger partial charge in [0.1, 0.15) is 0 Å². The zero-order valence-corrected chi connectivity index (χ0v) is 8.98. The standard InChI is InChI=1S/C10H16O3S/c11-8(12)9(3-1-2-4-9)10(13)5-6-14-7-10/h13H,1-7H2,(H,11,12). The summed E-state index contributed by atoms with van der Waals surface area (Å²) >= 11 is 1.67. The van der Waals surface area contributed by atoms with Crippen molar-refractivity contribution in [2.24, 2.45) is 5.41 Å². The lowest BCUT2D eigenvalue weighted by molar-refractivity contribution is -0.165. The number of thioether (sulfide) groups is 1. The number of hydrogen-bond donors (Lipinski definition) is 2. The minimum atomic E-state index is -0.944. The molecule has 0 amide bonds. The van der Waals surface area contributed by atoms with Crippen LogP contribution in [-0.4, -0.2) is 33.3 Å². The first-order valence-electron chi connectivity index (χ1n) is 5.14. The van der Waals surface area contributed by atoms with Gasteiger partial charge < -0.3 is 10.2 Å². The van der Waals surface area contributed by atoms with Gasteiger partial charge in [-0.3, -0.25) is 4.79 Å². The lowest BCUT2D eigenvalue weighted by Gasteiger charge is -2.38. The van der Waals surface area contributed by atoms with Gasteiger partial charge >= 0.3 is 5.97 Å². The Labute approximate surface area is 87.9 Å². The number of carbonyl (C=O) groups is 1. The van der Waals surface area contributed by atoms with Crippen molar-refractivity contribution in [1.82, 2.24) is 0 Å². The van der Waals surface area contributed by atoms with Gasteiger partial charge in [-0.15, -0.1) is 0 Å². The van der Waals surface area contributed by atoms with E-state index in [1.165, 1.54) is 0 Å². The SMILES string of the molecule is O=C(O)C1(C2(O)CCSC2)CCCC1. The highest BCUT2D eigenvalue weighted by Gasteiger charge is 2.58. The van der Waals surface area contributed by atoms with Crippen LogP contribution in [0.3, 0.4) is 0 Å². The lowest BCUT2D eigenvalue weighted by atomic mass is 9.70. The predicted octanol–water partition coefficient (Wildman–Crippen LogP) is 1.50. The van der Waals surface area contributed by atoms with E-state index < -0.39 is 17.0 Å². The van der Waals surface area contributed by atoms with Gasteiger partial charge in [0.25, 0.3) is 0 Å². The Morgan fingerprint density at radius 3 is 2.29 bits per heavy atom. The van der Waals surface area contributed by atoms with E-state index >= 15 is 0 Å². The molecule has 0 aromatic heterocycles. The van der Waals surface area contributed by atoms with Crippen molar-refractivity contribution in [3.05, 3.63) is 0 Å². The van der Waals surface area contributed by atoms with E-state index in [0.29, 0.717) is 25.0 Å². The molecule has 3 nitrogen and oxygen atoms in total. The van der Waals surface area contributed by atoms with Gasteiger partial charge in [0.05, 0.1) is 11.0 Å². The first-order valence-corrected chi connectivity index (χ1v) is 6.30. The molecule has 0 spiro atoms. The summed E-state index contributed by atoms with van der Waals surface area (Å²) in [6.07, 6.45) is 3.83. The normalized spacial score (nSPS) is 36.1. The third-order valence-corrected chi connectivity index (χ3v) is 4.93. The molecule has 80 valence electrons. The van der Waals surface area contributed by atoms with Gasteiger partial charge in [0.15, 0.2) is 0 Å². The fraction of sp³-hybridized carbons (Fsp3) is 0.900. The van der Waals surface area contributed by atoms with E-state index in [9.17, 15) is 15.0 Å². The van der Waals surface area contributed by atoms with Crippen LogP contribution >= 0.6 is 11.8 Å². The van der Waals surface area contributed by atoms with Gasteiger partial charge in [-0.2, -0.15) is 11.8 Å². The molecule has 0 bridgehead atoms. The third kappa shape index (κ3) is 1.27. The lowest BCUT2D eigenvalue weighted by Crippen LogP contribution is -2.52. The number of carboxylic acids is 1. The predicted molar refractivity (Wildman–Crippen MR) is 55.4 cm³/mol. The number of aliphatic hydroxyl groups is 1. The zero-order valence-electron chi connectivity index (χ0n) is 8.16. The molecule has 1 unspecified atom stereocenters. The van der Waals surface area contributed by atoms with E-state index in [0.717, 1.165) is 18.6 Å². The van der Waals surface area contributed by atoms with Gasteiger partial charge in [-0.1, -0.05) is 12.8 Å². The molecule has 14 heavy (non-hydrogen) atoms. The molecular weight excluding hydrogens is 200 g/mol. The van der Waals surface area contributed by atoms with Crippen LogP contribution in [0.15, 0.2) is 0 Å². The molecule has 0 aromatic carbocycles. The molecule has 2 fully saturated rings. The molecular formula is C10H16O3S. The van der Waals surface area contributed by atoms with Gasteiger partial charge in [-0.05, 0) is 25.0 Å². The quantitative estimate of drug-likeness (QED) is 0.734. The van der Waals surface area contributed by atoms with Crippen molar-refractivity contribution in [2.45, 2.75) is 37.7 Å². The van der Waals surface area contributed by atoms with Crippen LogP contribution in [0.5, 0.6) is 0 Å². The van der Waals surface area contributed by atoms with Crippen molar-refractivity contribution < 1.29 is 15.0 Å². The van der Waals surface area contributed by atoms with Crippen molar-refractivity contribution in [3.63, 3.8) is 0 Å². The number of rotatable bonds is 2. The summed E-state index contributed by atoms with van der Waals surface area (Å²) in [5.41, 5.74) is -1.78. The first kappa shape index (κ1) is 10.3. The first-order chi connectivity index (χ1) is 6.61. The van der Waals surface area contributed by atoms with Gasteiger partial charge in [0, 0.05) is 5.75 Å². The third-order valence-electron chi connectivity index (χ3n) is 3.76. The molecule has 1 saturated heterocycles. The van der Waals surface area contributed by atoms with Crippen LogP contribution in [0.25, 0.3) is 0 Å². The maximum atomic E-state index is 11.3. The van der Waals surface area contributed by atoms with Crippen LogP contribution in [0.1, 0.15) is 32.1 Å². The summed E-state index contributed by atoms with van der Waals surface area (Å²) in [5.74, 6) is 0.699. The molecule has 2 rings (SSSR count). The Morgan fingerprint density at radius 1 is 1.21 bits per heavy atom. The smallest absolute Gasteiger partial charge is 0.312 e. The Morgan fingerprint density at radius 2 is 1.86 bits per heavy atom. The minimum Gasteiger partial charge on any atom is -0.481 e. The largest absolute Gasteiger partial charge is 0.481 e. The van der Waals surface area contributed by atoms with Crippen molar-refractivity contribution in [1.29, 1.82) is 0 Å². The van der Waals surface area contributed by atoms with E-state index in [2.05, 4.69) is 0 Å². The summed E-state index contributed by atoms with van der Waals surface area (Å²) in [7, 11) is 0. The van der Waals surface area contributed by atoms with Crippen LogP contribution < -0.4 is 0 Å². The number of carboxylic acid groups (broad SMARTS) is 1. The topological polar surface area (TPSA) is 57.5 Å². The van der Waals surface area contributed by atoms with Crippen molar-refractivity contribution in [2.75, 3.05) is 11.5 Å². The van der Waals surface area contributed by atoms with E-state index in [4.69, 9.17) is 0 Å². The molecule has 2 aliphatic rings. The van der Waals surface area contributed by atoms with Crippen molar-refractivity contribution in [3.8, 4) is 0 Å². The molecule has 1 atom stereocenters. The fourth-order valence-electron chi connectivity index (χ4n) is 2.79. The van der Waals surface area contributed by atoms with Crippen LogP contribution in [0.2, 0.25) is 0 Å². The Kier molecular flexibility index (Phi) is 2.52. The van der Waals surface area contributed by atoms with Crippen LogP contribution in [0.4, 0.5) is 0 Å². The number of aliphatic carboxylic acids is 1. The maximum Gasteiger partial charge on any atom is 0.312 e. The zero-order chi connectivity index (χ0) is 10.2. The highest BCUT2D eigenvalue weighted by Crippen LogP contribution is 2.52. The minimum absolute atomic E-state index is 0.597. The van der Waals surface area contributed by atoms with Gasteiger partial charge in [-0.25, -0.2) is 0 Å². The molecule has 1 aliphatic heterocycles.